The van der Waals surface area contributed by atoms with E-state index in [0.29, 0.717) is 27.7 Å². The van der Waals surface area contributed by atoms with Crippen LogP contribution in [0.1, 0.15) is 15.9 Å². The number of sulfonamides is 1. The Hall–Kier alpha value is -3.54. The van der Waals surface area contributed by atoms with Gasteiger partial charge in [-0.15, -0.1) is 0 Å². The molecule has 34 heavy (non-hydrogen) atoms. The van der Waals surface area contributed by atoms with Gasteiger partial charge in [0.15, 0.2) is 16.6 Å². The smallest absolute Gasteiger partial charge is 0.260 e. The number of pyridine rings is 1. The summed E-state index contributed by atoms with van der Waals surface area (Å²) in [6.45, 7) is 0.418. The SMILES string of the molecule is CN(C)S(=O)(=O)c1ccc(C(=O)N(Cc2cccnc2)c2nc3cc4c(cc3s2)OCO4)cc1. The molecule has 2 aromatic heterocycles. The van der Waals surface area contributed by atoms with Gasteiger partial charge in [0.25, 0.3) is 5.91 Å². The lowest BCUT2D eigenvalue weighted by atomic mass is 10.2. The minimum atomic E-state index is -3.60. The molecule has 3 heterocycles. The molecule has 174 valence electrons. The summed E-state index contributed by atoms with van der Waals surface area (Å²) < 4.78 is 37.7. The van der Waals surface area contributed by atoms with E-state index in [2.05, 4.69) is 9.97 Å². The van der Waals surface area contributed by atoms with Crippen molar-refractivity contribution in [1.29, 1.82) is 0 Å². The predicted octanol–water partition coefficient (Wildman–Crippen LogP) is 3.52. The van der Waals surface area contributed by atoms with Crippen LogP contribution in [0.4, 0.5) is 5.13 Å². The van der Waals surface area contributed by atoms with Gasteiger partial charge in [0.2, 0.25) is 16.8 Å². The van der Waals surface area contributed by atoms with Crippen LogP contribution >= 0.6 is 11.3 Å². The standard InChI is InChI=1S/C23H20N4O5S2/c1-26(2)34(29,30)17-7-5-16(6-8-17)22(28)27(13-15-4-3-9-24-12-15)23-25-18-10-19-20(32-14-31-19)11-21(18)33-23/h3-12H,13-14H2,1-2H3. The Morgan fingerprint density at radius 1 is 1.09 bits per heavy atom. The van der Waals surface area contributed by atoms with Crippen molar-refractivity contribution < 1.29 is 22.7 Å². The van der Waals surface area contributed by atoms with Gasteiger partial charge >= 0.3 is 0 Å². The molecule has 0 spiro atoms. The molecule has 0 N–H and O–H groups in total. The Morgan fingerprint density at radius 2 is 1.82 bits per heavy atom. The zero-order chi connectivity index (χ0) is 23.9. The lowest BCUT2D eigenvalue weighted by Gasteiger charge is -2.20. The summed E-state index contributed by atoms with van der Waals surface area (Å²) in [4.78, 5) is 24.1. The molecule has 0 saturated carbocycles. The van der Waals surface area contributed by atoms with Crippen LogP contribution in [-0.2, 0) is 16.6 Å². The highest BCUT2D eigenvalue weighted by molar-refractivity contribution is 7.89. The maximum Gasteiger partial charge on any atom is 0.260 e. The fourth-order valence-corrected chi connectivity index (χ4v) is 5.33. The molecule has 4 aromatic rings. The molecule has 0 saturated heterocycles. The number of carbonyl (C=O) groups excluding carboxylic acids is 1. The van der Waals surface area contributed by atoms with Crippen molar-refractivity contribution in [3.05, 3.63) is 72.1 Å². The van der Waals surface area contributed by atoms with Crippen molar-refractivity contribution in [3.63, 3.8) is 0 Å². The molecule has 0 radical (unpaired) electrons. The maximum absolute atomic E-state index is 13.6. The molecule has 0 aliphatic carbocycles. The molecule has 0 unspecified atom stereocenters. The number of thiazole rings is 1. The van der Waals surface area contributed by atoms with E-state index >= 15 is 0 Å². The first-order valence-electron chi connectivity index (χ1n) is 10.3. The number of hydrogen-bond acceptors (Lipinski definition) is 8. The molecule has 1 aliphatic heterocycles. The van der Waals surface area contributed by atoms with Crippen molar-refractivity contribution in [2.24, 2.45) is 0 Å². The van der Waals surface area contributed by atoms with E-state index in [-0.39, 0.29) is 24.1 Å². The molecule has 9 nitrogen and oxygen atoms in total. The second-order valence-corrected chi connectivity index (χ2v) is 10.9. The van der Waals surface area contributed by atoms with E-state index < -0.39 is 10.0 Å². The van der Waals surface area contributed by atoms with E-state index in [1.54, 1.807) is 29.4 Å². The highest BCUT2D eigenvalue weighted by Gasteiger charge is 2.25. The number of ether oxygens (including phenoxy) is 2. The Morgan fingerprint density at radius 3 is 2.50 bits per heavy atom. The monoisotopic (exact) mass is 496 g/mol. The molecule has 0 fully saturated rings. The Bertz CT molecular complexity index is 1430. The van der Waals surface area contributed by atoms with E-state index in [4.69, 9.17) is 9.47 Å². The number of fused-ring (bicyclic) bond motifs is 2. The first-order chi connectivity index (χ1) is 16.3. The van der Waals surface area contributed by atoms with Crippen LogP contribution in [0.5, 0.6) is 11.5 Å². The molecule has 2 aromatic carbocycles. The van der Waals surface area contributed by atoms with Crippen molar-refractivity contribution >= 4 is 42.6 Å². The minimum Gasteiger partial charge on any atom is -0.454 e. The molecule has 1 aliphatic rings. The summed E-state index contributed by atoms with van der Waals surface area (Å²) in [5.74, 6) is 0.953. The third-order valence-electron chi connectivity index (χ3n) is 5.29. The first-order valence-corrected chi connectivity index (χ1v) is 12.5. The summed E-state index contributed by atoms with van der Waals surface area (Å²) in [6, 6.07) is 13.2. The largest absolute Gasteiger partial charge is 0.454 e. The summed E-state index contributed by atoms with van der Waals surface area (Å²) in [5, 5.41) is 0.498. The fraction of sp³-hybridized carbons (Fsp3) is 0.174. The van der Waals surface area contributed by atoms with Crippen LogP contribution in [0.15, 0.2) is 65.8 Å². The van der Waals surface area contributed by atoms with E-state index in [9.17, 15) is 13.2 Å². The van der Waals surface area contributed by atoms with E-state index in [1.165, 1.54) is 49.7 Å². The number of rotatable bonds is 6. The van der Waals surface area contributed by atoms with E-state index in [1.807, 2.05) is 12.1 Å². The summed E-state index contributed by atoms with van der Waals surface area (Å²) in [6.07, 6.45) is 3.36. The van der Waals surface area contributed by atoms with Crippen molar-refractivity contribution in [2.75, 3.05) is 25.8 Å². The lowest BCUT2D eigenvalue weighted by molar-refractivity contribution is 0.0985. The average Bonchev–Trinajstić information content (AvgIpc) is 3.47. The second-order valence-electron chi connectivity index (χ2n) is 7.73. The van der Waals surface area contributed by atoms with Crippen LogP contribution < -0.4 is 14.4 Å². The van der Waals surface area contributed by atoms with Gasteiger partial charge in [-0.1, -0.05) is 17.4 Å². The molecule has 0 atom stereocenters. The van der Waals surface area contributed by atoms with Gasteiger partial charge in [-0.2, -0.15) is 0 Å². The van der Waals surface area contributed by atoms with Crippen molar-refractivity contribution in [1.82, 2.24) is 14.3 Å². The van der Waals surface area contributed by atoms with Gasteiger partial charge in [0.05, 0.1) is 21.7 Å². The van der Waals surface area contributed by atoms with E-state index in [0.717, 1.165) is 14.6 Å². The number of hydrogen-bond donors (Lipinski definition) is 0. The zero-order valence-corrected chi connectivity index (χ0v) is 20.0. The van der Waals surface area contributed by atoms with Crippen molar-refractivity contribution in [3.8, 4) is 11.5 Å². The topological polar surface area (TPSA) is 102 Å². The Kier molecular flexibility index (Phi) is 5.68. The molecule has 1 amide bonds. The third kappa shape index (κ3) is 4.09. The molecular weight excluding hydrogens is 476 g/mol. The van der Waals surface area contributed by atoms with Gasteiger partial charge in [0, 0.05) is 44.2 Å². The predicted molar refractivity (Wildman–Crippen MR) is 128 cm³/mol. The quantitative estimate of drug-likeness (QED) is 0.402. The number of carbonyl (C=O) groups is 1. The Labute approximate surface area is 200 Å². The maximum atomic E-state index is 13.6. The first kappa shape index (κ1) is 22.3. The van der Waals surface area contributed by atoms with Gasteiger partial charge in [-0.3, -0.25) is 14.7 Å². The fourth-order valence-electron chi connectivity index (χ4n) is 3.46. The lowest BCUT2D eigenvalue weighted by Crippen LogP contribution is -2.30. The van der Waals surface area contributed by atoms with Gasteiger partial charge in [0.1, 0.15) is 0 Å². The van der Waals surface area contributed by atoms with Gasteiger partial charge < -0.3 is 9.47 Å². The normalized spacial score (nSPS) is 12.9. The summed E-state index contributed by atoms with van der Waals surface area (Å²) in [5.41, 5.74) is 1.87. The third-order valence-corrected chi connectivity index (χ3v) is 8.16. The van der Waals surface area contributed by atoms with Crippen molar-refractivity contribution in [2.45, 2.75) is 11.4 Å². The van der Waals surface area contributed by atoms with Crippen LogP contribution in [0.25, 0.3) is 10.2 Å². The van der Waals surface area contributed by atoms with Crippen LogP contribution in [0.3, 0.4) is 0 Å². The number of amides is 1. The summed E-state index contributed by atoms with van der Waals surface area (Å²) >= 11 is 1.36. The van der Waals surface area contributed by atoms with Crippen LogP contribution in [-0.4, -0.2) is 49.5 Å². The highest BCUT2D eigenvalue weighted by Crippen LogP contribution is 2.40. The van der Waals surface area contributed by atoms with Crippen LogP contribution in [0, 0.1) is 0 Å². The average molecular weight is 497 g/mol. The van der Waals surface area contributed by atoms with Crippen LogP contribution in [0.2, 0.25) is 0 Å². The molecule has 0 bridgehead atoms. The van der Waals surface area contributed by atoms with Gasteiger partial charge in [-0.05, 0) is 35.9 Å². The number of nitrogens with zero attached hydrogens (tertiary/aromatic N) is 4. The minimum absolute atomic E-state index is 0.113. The molecule has 5 rings (SSSR count). The Balaban J connectivity index is 1.52. The zero-order valence-electron chi connectivity index (χ0n) is 18.3. The molecular formula is C23H20N4O5S2. The molecule has 11 heteroatoms. The second kappa shape index (κ2) is 8.67. The number of anilines is 1. The van der Waals surface area contributed by atoms with Gasteiger partial charge in [-0.25, -0.2) is 17.7 Å². The summed E-state index contributed by atoms with van der Waals surface area (Å²) in [7, 11) is -0.674. The highest BCUT2D eigenvalue weighted by atomic mass is 32.2. The number of aromatic nitrogens is 2. The number of benzene rings is 2.